The van der Waals surface area contributed by atoms with Crippen molar-refractivity contribution in [2.75, 3.05) is 39.1 Å². The Morgan fingerprint density at radius 1 is 0.525 bits per heavy atom. The molecule has 0 radical (unpaired) electrons. The molecular formula is C30H28N2O6Se2. The van der Waals surface area contributed by atoms with Crippen LogP contribution in [0.4, 0.5) is 11.4 Å². The third kappa shape index (κ3) is 6.97. The minimum absolute atomic E-state index is 0.0573. The summed E-state index contributed by atoms with van der Waals surface area (Å²) in [5, 5.41) is 5.91. The summed E-state index contributed by atoms with van der Waals surface area (Å²) in [5.41, 5.74) is 2.41. The van der Waals surface area contributed by atoms with Crippen molar-refractivity contribution in [2.24, 2.45) is 0 Å². The predicted octanol–water partition coefficient (Wildman–Crippen LogP) is 3.50. The Kier molecular flexibility index (Phi) is 10.1. The van der Waals surface area contributed by atoms with Crippen molar-refractivity contribution < 1.29 is 28.5 Å². The molecule has 40 heavy (non-hydrogen) atoms. The van der Waals surface area contributed by atoms with Gasteiger partial charge in [-0.2, -0.15) is 0 Å². The van der Waals surface area contributed by atoms with Gasteiger partial charge in [-0.3, -0.25) is 0 Å². The molecular weight excluding hydrogens is 642 g/mol. The monoisotopic (exact) mass is 672 g/mol. The molecule has 0 aliphatic rings. The molecule has 4 rings (SSSR count). The number of benzene rings is 4. The van der Waals surface area contributed by atoms with Crippen LogP contribution in [0.1, 0.15) is 20.7 Å². The van der Waals surface area contributed by atoms with E-state index in [0.717, 1.165) is 8.92 Å². The Hall–Kier alpha value is -3.94. The summed E-state index contributed by atoms with van der Waals surface area (Å²) in [6.07, 6.45) is 0. The van der Waals surface area contributed by atoms with Crippen molar-refractivity contribution in [1.82, 2.24) is 0 Å². The third-order valence-electron chi connectivity index (χ3n) is 5.77. The van der Waals surface area contributed by atoms with Gasteiger partial charge in [0.05, 0.1) is 0 Å². The number of hydrogen-bond acceptors (Lipinski definition) is 6. The summed E-state index contributed by atoms with van der Waals surface area (Å²) in [7, 11) is 6.23. The molecule has 0 saturated heterocycles. The Labute approximate surface area is 244 Å². The van der Waals surface area contributed by atoms with Crippen LogP contribution in [-0.4, -0.2) is 66.5 Å². The molecule has 4 aromatic carbocycles. The average Bonchev–Trinajstić information content (AvgIpc) is 3.00. The number of hydrogen-bond donors (Lipinski definition) is 2. The van der Waals surface area contributed by atoms with Gasteiger partial charge in [0.1, 0.15) is 0 Å². The van der Waals surface area contributed by atoms with Gasteiger partial charge in [-0.25, -0.2) is 0 Å². The molecule has 206 valence electrons. The Balaban J connectivity index is 1.49. The Morgan fingerprint density at radius 3 is 1.27 bits per heavy atom. The molecule has 0 heterocycles. The molecule has 10 heteroatoms. The van der Waals surface area contributed by atoms with E-state index in [1.807, 2.05) is 48.5 Å². The first kappa shape index (κ1) is 29.1. The van der Waals surface area contributed by atoms with Crippen molar-refractivity contribution in [1.29, 1.82) is 0 Å². The van der Waals surface area contributed by atoms with Crippen LogP contribution in [0.5, 0.6) is 23.0 Å². The van der Waals surface area contributed by atoms with E-state index in [0.29, 0.717) is 45.5 Å². The number of carbonyl (C=O) groups excluding carboxylic acids is 2. The van der Waals surface area contributed by atoms with Gasteiger partial charge in [-0.15, -0.1) is 0 Å². The molecule has 2 N–H and O–H groups in total. The first-order valence-corrected chi connectivity index (χ1v) is 18.1. The number of amides is 2. The van der Waals surface area contributed by atoms with E-state index in [1.54, 1.807) is 64.8 Å². The van der Waals surface area contributed by atoms with Crippen LogP contribution in [0.25, 0.3) is 0 Å². The van der Waals surface area contributed by atoms with Gasteiger partial charge >= 0.3 is 245 Å². The molecule has 8 nitrogen and oxygen atoms in total. The molecule has 0 unspecified atom stereocenters. The van der Waals surface area contributed by atoms with Gasteiger partial charge in [0.2, 0.25) is 0 Å². The van der Waals surface area contributed by atoms with E-state index < -0.39 is 0 Å². The summed E-state index contributed by atoms with van der Waals surface area (Å²) < 4.78 is 23.2. The van der Waals surface area contributed by atoms with Crippen LogP contribution in [0, 0.1) is 0 Å². The van der Waals surface area contributed by atoms with Crippen molar-refractivity contribution >= 4 is 58.4 Å². The van der Waals surface area contributed by atoms with Crippen LogP contribution >= 0.6 is 0 Å². The maximum absolute atomic E-state index is 13.2. The van der Waals surface area contributed by atoms with Crippen LogP contribution < -0.4 is 38.5 Å². The van der Waals surface area contributed by atoms with Gasteiger partial charge in [-0.05, 0) is 0 Å². The predicted molar refractivity (Wildman–Crippen MR) is 159 cm³/mol. The molecule has 0 saturated carbocycles. The third-order valence-corrected chi connectivity index (χ3v) is 13.0. The Morgan fingerprint density at radius 2 is 0.900 bits per heavy atom. The average molecular weight is 670 g/mol. The number of methoxy groups -OCH3 is 4. The summed E-state index contributed by atoms with van der Waals surface area (Å²) in [5.74, 6) is 1.81. The number of nitrogens with one attached hydrogen (secondary N) is 2. The normalized spacial score (nSPS) is 10.4. The number of rotatable bonds is 11. The topological polar surface area (TPSA) is 95.1 Å². The van der Waals surface area contributed by atoms with E-state index in [4.69, 9.17) is 18.9 Å². The number of anilines is 2. The van der Waals surface area contributed by atoms with E-state index in [1.165, 1.54) is 0 Å². The van der Waals surface area contributed by atoms with E-state index in [9.17, 15) is 9.59 Å². The molecule has 0 bridgehead atoms. The molecule has 4 aromatic rings. The van der Waals surface area contributed by atoms with Gasteiger partial charge < -0.3 is 0 Å². The first-order valence-electron chi connectivity index (χ1n) is 12.1. The van der Waals surface area contributed by atoms with Gasteiger partial charge in [0, 0.05) is 0 Å². The van der Waals surface area contributed by atoms with Crippen LogP contribution in [-0.2, 0) is 0 Å². The maximum atomic E-state index is 13.2. The van der Waals surface area contributed by atoms with E-state index >= 15 is 0 Å². The second-order valence-corrected chi connectivity index (χ2v) is 14.4. The van der Waals surface area contributed by atoms with Gasteiger partial charge in [0.25, 0.3) is 0 Å². The van der Waals surface area contributed by atoms with Crippen molar-refractivity contribution in [3.63, 3.8) is 0 Å². The van der Waals surface area contributed by atoms with E-state index in [-0.39, 0.29) is 38.1 Å². The zero-order chi connectivity index (χ0) is 28.5. The summed E-state index contributed by atoms with van der Waals surface area (Å²) in [6, 6.07) is 25.6. The minimum atomic E-state index is -0.208. The van der Waals surface area contributed by atoms with Crippen molar-refractivity contribution in [2.45, 2.75) is 0 Å². The summed E-state index contributed by atoms with van der Waals surface area (Å²) in [6.45, 7) is 0. The van der Waals surface area contributed by atoms with Crippen LogP contribution in [0.2, 0.25) is 0 Å². The van der Waals surface area contributed by atoms with Crippen LogP contribution in [0.3, 0.4) is 0 Å². The van der Waals surface area contributed by atoms with Crippen molar-refractivity contribution in [3.8, 4) is 23.0 Å². The fraction of sp³-hybridized carbons (Fsp3) is 0.133. The molecule has 0 aromatic heterocycles. The Bertz CT molecular complexity index is 1400. The number of carbonyl (C=O) groups is 2. The second-order valence-electron chi connectivity index (χ2n) is 8.21. The molecule has 0 aliphatic carbocycles. The molecule has 0 spiro atoms. The molecule has 0 fully saturated rings. The molecule has 0 atom stereocenters. The fourth-order valence-corrected chi connectivity index (χ4v) is 10.9. The standard InChI is InChI=1S/C30H28N2O6Se2/c1-35-23-15-13-19(17-25(23)37-3)31-29(33)21-9-5-7-11-27(21)39-40-28-12-8-6-10-22(28)30(34)32-20-14-16-24(36-2)26(18-20)38-4/h5-18H,1-4H3,(H,31,33)(H,32,34). The first-order chi connectivity index (χ1) is 19.5. The quantitative estimate of drug-likeness (QED) is 0.238. The molecule has 2 amide bonds. The second kappa shape index (κ2) is 13.9. The fourth-order valence-electron chi connectivity index (χ4n) is 3.77. The van der Waals surface area contributed by atoms with Crippen molar-refractivity contribution in [3.05, 3.63) is 96.1 Å². The zero-order valence-corrected chi connectivity index (χ0v) is 25.8. The van der Waals surface area contributed by atoms with Crippen LogP contribution in [0.15, 0.2) is 84.9 Å². The molecule has 0 aliphatic heterocycles. The van der Waals surface area contributed by atoms with Gasteiger partial charge in [0.15, 0.2) is 0 Å². The van der Waals surface area contributed by atoms with E-state index in [2.05, 4.69) is 10.6 Å². The van der Waals surface area contributed by atoms with Gasteiger partial charge in [-0.1, -0.05) is 0 Å². The zero-order valence-electron chi connectivity index (χ0n) is 22.3. The number of ether oxygens (including phenoxy) is 4. The SMILES string of the molecule is COc1ccc(NC(=O)c2ccccc2[Se][Se]c2ccccc2C(=O)Nc2ccc(OC)c(OC)c2)cc1OC. The summed E-state index contributed by atoms with van der Waals surface area (Å²) >= 11 is -0.115. The summed E-state index contributed by atoms with van der Waals surface area (Å²) in [4.78, 5) is 26.5.